The lowest BCUT2D eigenvalue weighted by Crippen LogP contribution is -2.51. The molecular formula is C67H61Cl4F6N11O12. The Balaban J connectivity index is 0.000000190. The fourth-order valence-electron chi connectivity index (χ4n) is 13.6. The van der Waals surface area contributed by atoms with Gasteiger partial charge in [0.25, 0.3) is 23.6 Å². The maximum absolute atomic E-state index is 14.3. The number of nitrogens with one attached hydrogen (secondary N) is 3. The zero-order valence-corrected chi connectivity index (χ0v) is 56.4. The van der Waals surface area contributed by atoms with E-state index in [9.17, 15) is 69.5 Å². The first-order valence-corrected chi connectivity index (χ1v) is 33.1. The number of fused-ring (bicyclic) bond motifs is 2. The molecule has 0 bridgehead atoms. The molecule has 526 valence electrons. The van der Waals surface area contributed by atoms with E-state index in [4.69, 9.17) is 51.1 Å². The number of carbonyl (C=O) groups is 9. The van der Waals surface area contributed by atoms with Gasteiger partial charge in [0, 0.05) is 83.6 Å². The Kier molecular flexibility index (Phi) is 18.9. The molecule has 4 fully saturated rings. The molecule has 0 spiro atoms. The van der Waals surface area contributed by atoms with Crippen molar-refractivity contribution in [2.24, 2.45) is 11.8 Å². The summed E-state index contributed by atoms with van der Waals surface area (Å²) in [6, 6.07) is 19.1. The predicted molar refractivity (Wildman–Crippen MR) is 348 cm³/mol. The summed E-state index contributed by atoms with van der Waals surface area (Å²) in [4.78, 5) is 135. The van der Waals surface area contributed by atoms with Gasteiger partial charge in [-0.05, 0) is 137 Å². The third-order valence-corrected chi connectivity index (χ3v) is 19.5. The van der Waals surface area contributed by atoms with Crippen LogP contribution in [0.25, 0.3) is 0 Å². The van der Waals surface area contributed by atoms with Crippen molar-refractivity contribution in [2.75, 3.05) is 49.1 Å². The molecule has 0 unspecified atom stereocenters. The molecule has 3 N–H and O–H groups in total. The fraction of sp³-hybridized carbons (Fsp3) is 0.388. The van der Waals surface area contributed by atoms with Crippen LogP contribution in [0.4, 0.5) is 49.6 Å². The number of hydrogen-bond donors (Lipinski definition) is 3. The van der Waals surface area contributed by atoms with Crippen LogP contribution in [0.5, 0.6) is 11.5 Å². The highest BCUT2D eigenvalue weighted by molar-refractivity contribution is 6.36. The predicted octanol–water partition coefficient (Wildman–Crippen LogP) is 10.2. The Labute approximate surface area is 585 Å². The van der Waals surface area contributed by atoms with Gasteiger partial charge in [0.1, 0.15) is 57.2 Å². The largest absolute Gasteiger partial charge is 0.573 e. The molecule has 0 radical (unpaired) electrons. The molecule has 5 aliphatic heterocycles. The highest BCUT2D eigenvalue weighted by atomic mass is 35.5. The van der Waals surface area contributed by atoms with Crippen molar-refractivity contribution in [2.45, 2.75) is 113 Å². The summed E-state index contributed by atoms with van der Waals surface area (Å²) < 4.78 is 92.4. The lowest BCUT2D eigenvalue weighted by atomic mass is 9.91. The van der Waals surface area contributed by atoms with Crippen LogP contribution in [0.1, 0.15) is 97.8 Å². The average molecular weight is 1470 g/mol. The number of esters is 1. The molecular weight excluding hydrogens is 1410 g/mol. The van der Waals surface area contributed by atoms with Gasteiger partial charge < -0.3 is 40.0 Å². The quantitative estimate of drug-likeness (QED) is 0.0387. The number of benzene rings is 4. The van der Waals surface area contributed by atoms with Gasteiger partial charge in [0.15, 0.2) is 0 Å². The number of nitrogens with zero attached hydrogens (tertiary/aromatic N) is 8. The zero-order valence-electron chi connectivity index (χ0n) is 53.3. The summed E-state index contributed by atoms with van der Waals surface area (Å²) in [6.45, 7) is 6.73. The molecule has 2 aromatic heterocycles. The van der Waals surface area contributed by atoms with E-state index in [1.807, 2.05) is 0 Å². The van der Waals surface area contributed by atoms with Gasteiger partial charge in [-0.1, -0.05) is 70.7 Å². The number of ether oxygens (including phenoxy) is 3. The molecule has 6 aromatic rings. The highest BCUT2D eigenvalue weighted by Gasteiger charge is 2.58. The average Bonchev–Trinajstić information content (AvgIpc) is 1.56. The van der Waals surface area contributed by atoms with Crippen molar-refractivity contribution >= 4 is 123 Å². The van der Waals surface area contributed by atoms with Crippen molar-refractivity contribution in [3.05, 3.63) is 152 Å². The molecule has 7 heterocycles. The molecule has 2 saturated carbocycles. The number of ketones is 1. The smallest absolute Gasteiger partial charge is 0.466 e. The summed E-state index contributed by atoms with van der Waals surface area (Å²) >= 11 is 25.1. The first kappa shape index (κ1) is 70.7. The number of Topliss-reactive ketones (excluding diaryl/α,β-unsaturated/α-hetero) is 1. The Bertz CT molecular complexity index is 4350. The molecule has 13 rings (SSSR count). The minimum atomic E-state index is -4.89. The van der Waals surface area contributed by atoms with Gasteiger partial charge in [0.2, 0.25) is 29.6 Å². The van der Waals surface area contributed by atoms with Crippen molar-refractivity contribution in [1.82, 2.24) is 44.9 Å². The van der Waals surface area contributed by atoms with Gasteiger partial charge in [-0.15, -0.1) is 26.3 Å². The van der Waals surface area contributed by atoms with Crippen LogP contribution in [0, 0.1) is 11.8 Å². The lowest BCUT2D eigenvalue weighted by molar-refractivity contribution is -0.275. The molecule has 4 atom stereocenters. The monoisotopic (exact) mass is 1470 g/mol. The summed E-state index contributed by atoms with van der Waals surface area (Å²) in [6.07, 6.45) is -3.47. The second kappa shape index (κ2) is 26.7. The highest BCUT2D eigenvalue weighted by Crippen LogP contribution is 2.48. The third kappa shape index (κ3) is 14.3. The van der Waals surface area contributed by atoms with E-state index in [-0.39, 0.29) is 117 Å². The topological polar surface area (TPSA) is 266 Å². The van der Waals surface area contributed by atoms with Crippen LogP contribution in [-0.4, -0.2) is 145 Å². The normalized spacial score (nSPS) is 21.6. The number of aromatic nitrogens is 4. The van der Waals surface area contributed by atoms with Crippen LogP contribution in [0.3, 0.4) is 0 Å². The summed E-state index contributed by atoms with van der Waals surface area (Å²) in [5.74, 6) is -5.17. The van der Waals surface area contributed by atoms with E-state index >= 15 is 0 Å². The van der Waals surface area contributed by atoms with Crippen molar-refractivity contribution in [3.8, 4) is 11.5 Å². The molecule has 23 nitrogen and oxygen atoms in total. The number of carbonyl (C=O) groups excluding carboxylic acids is 9. The number of likely N-dealkylation sites (tertiary alicyclic amines) is 2. The molecule has 2 aliphatic carbocycles. The maximum Gasteiger partial charge on any atom is 0.573 e. The standard InChI is InChI=1S/C34H32Cl2F3N5O7.C33H29Cl2F3N6O5/c1-3-50-27(46)15-26(45)20-8-11-42(18-20)30(49)33(9-10-33)41-28(47)25-17-40-31-43(23-13-21(35)12-22(36)14-23)29(48)32(2,44(25)31)16-19-4-6-24(7-5-19)51-34(37,38)39;1-31(14-18-2-4-24(5-3-18)49-33(36,37)38)28(47)43(23-12-21(34)11-22(35)13-23)30-40-16-25(44(30)31)27(46)41-32(7-8-32)29(48)42-9-6-19(17-42)20-10-26(45)39-15-20/h4-7,12-14,17,20H,3,8-11,15-16,18H2,1-2H3,(H,41,47);2-5,10-13,16,19H,6-9,14-15,17H2,1H3,(H,39,45)(H,41,46)/t20-,32-;19-,31-/m11/s1. The van der Waals surface area contributed by atoms with E-state index in [1.165, 1.54) is 96.9 Å². The molecule has 100 heavy (non-hydrogen) atoms. The van der Waals surface area contributed by atoms with Gasteiger partial charge in [-0.2, -0.15) is 0 Å². The number of anilines is 4. The van der Waals surface area contributed by atoms with E-state index in [0.29, 0.717) is 75.0 Å². The summed E-state index contributed by atoms with van der Waals surface area (Å²) in [5.41, 5.74) is -2.98. The van der Waals surface area contributed by atoms with E-state index in [0.717, 1.165) is 29.8 Å². The Morgan fingerprint density at radius 1 is 0.610 bits per heavy atom. The number of halogens is 10. The van der Waals surface area contributed by atoms with Crippen LogP contribution in [0.2, 0.25) is 20.1 Å². The summed E-state index contributed by atoms with van der Waals surface area (Å²) in [7, 11) is 0. The maximum atomic E-state index is 14.3. The second-order valence-corrected chi connectivity index (χ2v) is 27.6. The van der Waals surface area contributed by atoms with Crippen molar-refractivity contribution in [3.63, 3.8) is 0 Å². The van der Waals surface area contributed by atoms with E-state index < -0.39 is 81.9 Å². The Morgan fingerprint density at radius 2 is 1.03 bits per heavy atom. The Morgan fingerprint density at radius 3 is 1.42 bits per heavy atom. The third-order valence-electron chi connectivity index (χ3n) is 18.7. The summed E-state index contributed by atoms with van der Waals surface area (Å²) in [5, 5.41) is 9.50. The van der Waals surface area contributed by atoms with E-state index in [2.05, 4.69) is 35.4 Å². The van der Waals surface area contributed by atoms with Crippen LogP contribution < -0.4 is 35.2 Å². The number of amides is 7. The number of imidazole rings is 2. The van der Waals surface area contributed by atoms with Crippen LogP contribution >= 0.6 is 46.4 Å². The SMILES string of the molecule is CCOC(=O)CC(=O)[C@@H]1CCN(C(=O)C2(NC(=O)c3cnc4n3[C@](C)(Cc3ccc(OC(F)(F)F)cc3)C(=O)N4c3cc(Cl)cc(Cl)c3)CC2)C1.C[C@@]1(Cc2ccc(OC(F)(F)F)cc2)C(=O)N(c2cc(Cl)cc(Cl)c2)c2ncc(C(=O)NC3(C(=O)N4CC[C@@H](C5=CC(=O)NC5)C4)CC3)n21. The molecule has 7 aliphatic rings. The molecule has 33 heteroatoms. The van der Waals surface area contributed by atoms with Crippen molar-refractivity contribution in [1.29, 1.82) is 0 Å². The number of hydrogen-bond acceptors (Lipinski definition) is 14. The fourth-order valence-corrected chi connectivity index (χ4v) is 14.6. The lowest BCUT2D eigenvalue weighted by Gasteiger charge is -2.28. The molecule has 4 aromatic carbocycles. The zero-order chi connectivity index (χ0) is 71.8. The van der Waals surface area contributed by atoms with Gasteiger partial charge in [-0.25, -0.2) is 19.8 Å². The number of rotatable bonds is 19. The number of alkyl halides is 6. The van der Waals surface area contributed by atoms with E-state index in [1.54, 1.807) is 31.7 Å². The minimum absolute atomic E-state index is 0.0116. The first-order chi connectivity index (χ1) is 47.2. The van der Waals surface area contributed by atoms with Crippen LogP contribution in [0.15, 0.2) is 109 Å². The second-order valence-electron chi connectivity index (χ2n) is 25.8. The minimum Gasteiger partial charge on any atom is -0.466 e. The van der Waals surface area contributed by atoms with Crippen LogP contribution in [-0.2, 0) is 62.2 Å². The van der Waals surface area contributed by atoms with Gasteiger partial charge in [0.05, 0.1) is 30.4 Å². The molecule has 2 saturated heterocycles. The van der Waals surface area contributed by atoms with Gasteiger partial charge in [-0.3, -0.25) is 52.3 Å². The van der Waals surface area contributed by atoms with Gasteiger partial charge >= 0.3 is 18.7 Å². The first-order valence-electron chi connectivity index (χ1n) is 31.6. The molecule has 7 amide bonds. The Hall–Kier alpha value is -9.19. The van der Waals surface area contributed by atoms with Crippen molar-refractivity contribution < 1.29 is 83.7 Å².